The number of carbonyl (C=O) groups excluding carboxylic acids is 3. The minimum atomic E-state index is -4.67. The second kappa shape index (κ2) is 7.92. The number of piperidine rings is 1. The van der Waals surface area contributed by atoms with Crippen molar-refractivity contribution in [1.29, 1.82) is 0 Å². The number of nitrogens with zero attached hydrogens (tertiary/aromatic N) is 2. The molecule has 0 radical (unpaired) electrons. The van der Waals surface area contributed by atoms with E-state index in [1.54, 1.807) is 0 Å². The van der Waals surface area contributed by atoms with E-state index in [-0.39, 0.29) is 32.5 Å². The van der Waals surface area contributed by atoms with Crippen molar-refractivity contribution < 1.29 is 31.9 Å². The van der Waals surface area contributed by atoms with Gasteiger partial charge in [0.25, 0.3) is 11.8 Å². The van der Waals surface area contributed by atoms with E-state index in [0.717, 1.165) is 17.0 Å². The second-order valence-electron chi connectivity index (χ2n) is 7.87. The molecule has 0 saturated carbocycles. The molecule has 1 N–H and O–H groups in total. The fourth-order valence-electron chi connectivity index (χ4n) is 4.11. The molecule has 32 heavy (non-hydrogen) atoms. The van der Waals surface area contributed by atoms with Crippen molar-refractivity contribution in [2.75, 3.05) is 13.1 Å². The van der Waals surface area contributed by atoms with Gasteiger partial charge in [-0.2, -0.15) is 13.2 Å². The van der Waals surface area contributed by atoms with Gasteiger partial charge in [-0.15, -0.1) is 0 Å². The number of alkyl halides is 3. The third-order valence-electron chi connectivity index (χ3n) is 5.87. The molecule has 2 aliphatic heterocycles. The minimum absolute atomic E-state index is 0.0153. The molecule has 6 nitrogen and oxygen atoms in total. The molecule has 0 atom stereocenters. The standard InChI is InChI=1S/C22H19F4N3O3/c23-15-7-5-14(6-8-15)13-29-19(31)21(27-20(29)32)9-11-28(12-10-21)18(30)16-3-1-2-4-17(16)22(24,25)26/h1-8H,9-13H2,(H,27,32). The Morgan fingerprint density at radius 2 is 1.62 bits per heavy atom. The first-order valence-corrected chi connectivity index (χ1v) is 9.95. The third kappa shape index (κ3) is 3.92. The van der Waals surface area contributed by atoms with Gasteiger partial charge in [0.05, 0.1) is 17.7 Å². The molecule has 1 spiro atoms. The van der Waals surface area contributed by atoms with Crippen LogP contribution < -0.4 is 5.32 Å². The molecule has 168 valence electrons. The first-order chi connectivity index (χ1) is 15.1. The van der Waals surface area contributed by atoms with Gasteiger partial charge in [0.2, 0.25) is 0 Å². The van der Waals surface area contributed by atoms with Crippen molar-refractivity contribution in [3.8, 4) is 0 Å². The van der Waals surface area contributed by atoms with Crippen molar-refractivity contribution in [2.24, 2.45) is 0 Å². The first-order valence-electron chi connectivity index (χ1n) is 9.95. The summed E-state index contributed by atoms with van der Waals surface area (Å²) < 4.78 is 52.9. The van der Waals surface area contributed by atoms with E-state index in [2.05, 4.69) is 5.32 Å². The lowest BCUT2D eigenvalue weighted by atomic mass is 9.87. The molecule has 2 aliphatic rings. The van der Waals surface area contributed by atoms with Crippen LogP contribution in [0.5, 0.6) is 0 Å². The molecule has 2 aromatic rings. The Kier molecular flexibility index (Phi) is 5.39. The minimum Gasteiger partial charge on any atom is -0.338 e. The number of carbonyl (C=O) groups is 3. The molecule has 0 aliphatic carbocycles. The second-order valence-corrected chi connectivity index (χ2v) is 7.87. The average Bonchev–Trinajstić information content (AvgIpc) is 2.98. The smallest absolute Gasteiger partial charge is 0.338 e. The fourth-order valence-corrected chi connectivity index (χ4v) is 4.11. The molecule has 0 unspecified atom stereocenters. The highest BCUT2D eigenvalue weighted by atomic mass is 19.4. The van der Waals surface area contributed by atoms with E-state index in [9.17, 15) is 31.9 Å². The molecule has 4 rings (SSSR count). The fraction of sp³-hybridized carbons (Fsp3) is 0.318. The van der Waals surface area contributed by atoms with Crippen LogP contribution in [0, 0.1) is 5.82 Å². The number of nitrogens with one attached hydrogen (secondary N) is 1. The maximum absolute atomic E-state index is 13.3. The van der Waals surface area contributed by atoms with Gasteiger partial charge in [-0.3, -0.25) is 14.5 Å². The molecule has 2 aromatic carbocycles. The SMILES string of the molecule is O=C(c1ccccc1C(F)(F)F)N1CCC2(CC1)NC(=O)N(Cc1ccc(F)cc1)C2=O. The molecule has 0 aromatic heterocycles. The van der Waals surface area contributed by atoms with Crippen LogP contribution in [0.3, 0.4) is 0 Å². The van der Waals surface area contributed by atoms with Crippen molar-refractivity contribution in [3.63, 3.8) is 0 Å². The zero-order valence-corrected chi connectivity index (χ0v) is 16.8. The Morgan fingerprint density at radius 1 is 1.00 bits per heavy atom. The van der Waals surface area contributed by atoms with Crippen LogP contribution in [0.1, 0.15) is 34.3 Å². The molecule has 10 heteroatoms. The van der Waals surface area contributed by atoms with E-state index >= 15 is 0 Å². The quantitative estimate of drug-likeness (QED) is 0.576. The number of rotatable bonds is 3. The highest BCUT2D eigenvalue weighted by Gasteiger charge is 2.52. The monoisotopic (exact) mass is 449 g/mol. The van der Waals surface area contributed by atoms with Gasteiger partial charge < -0.3 is 10.2 Å². The van der Waals surface area contributed by atoms with Gasteiger partial charge in [-0.25, -0.2) is 9.18 Å². The maximum Gasteiger partial charge on any atom is 0.417 e. The number of hydrogen-bond donors (Lipinski definition) is 1. The van der Waals surface area contributed by atoms with Gasteiger partial charge >= 0.3 is 12.2 Å². The topological polar surface area (TPSA) is 69.7 Å². The van der Waals surface area contributed by atoms with Gasteiger partial charge in [0.15, 0.2) is 0 Å². The summed E-state index contributed by atoms with van der Waals surface area (Å²) in [6.07, 6.45) is -4.51. The zero-order valence-electron chi connectivity index (χ0n) is 16.8. The van der Waals surface area contributed by atoms with E-state index in [1.807, 2.05) is 0 Å². The largest absolute Gasteiger partial charge is 0.417 e. The Labute approximate surface area is 180 Å². The lowest BCUT2D eigenvalue weighted by molar-refractivity contribution is -0.138. The lowest BCUT2D eigenvalue weighted by Gasteiger charge is -2.37. The van der Waals surface area contributed by atoms with Crippen LogP contribution in [0.15, 0.2) is 48.5 Å². The Morgan fingerprint density at radius 3 is 2.25 bits per heavy atom. The van der Waals surface area contributed by atoms with Crippen LogP contribution in [0.4, 0.5) is 22.4 Å². The number of urea groups is 1. The van der Waals surface area contributed by atoms with E-state index in [0.29, 0.717) is 5.56 Å². The number of likely N-dealkylation sites (tertiary alicyclic amines) is 1. The Bertz CT molecular complexity index is 1060. The summed E-state index contributed by atoms with van der Waals surface area (Å²) in [6, 6.07) is 9.37. The van der Waals surface area contributed by atoms with Gasteiger partial charge in [0, 0.05) is 13.1 Å². The van der Waals surface area contributed by atoms with Crippen LogP contribution in [-0.4, -0.2) is 46.3 Å². The Balaban J connectivity index is 1.46. The lowest BCUT2D eigenvalue weighted by Crippen LogP contribution is -2.56. The molecule has 4 amide bonds. The first kappa shape index (κ1) is 21.8. The van der Waals surface area contributed by atoms with Crippen LogP contribution in [0.2, 0.25) is 0 Å². The number of benzene rings is 2. The van der Waals surface area contributed by atoms with Gasteiger partial charge in [-0.05, 0) is 42.7 Å². The summed E-state index contributed by atoms with van der Waals surface area (Å²) in [6.45, 7) is -0.00281. The van der Waals surface area contributed by atoms with Gasteiger partial charge in [0.1, 0.15) is 11.4 Å². The number of halogens is 4. The molecular formula is C22H19F4N3O3. The van der Waals surface area contributed by atoms with Gasteiger partial charge in [-0.1, -0.05) is 24.3 Å². The molecule has 2 heterocycles. The van der Waals surface area contributed by atoms with Crippen molar-refractivity contribution in [1.82, 2.24) is 15.1 Å². The van der Waals surface area contributed by atoms with E-state index in [1.165, 1.54) is 41.3 Å². The summed E-state index contributed by atoms with van der Waals surface area (Å²) >= 11 is 0. The van der Waals surface area contributed by atoms with E-state index in [4.69, 9.17) is 0 Å². The average molecular weight is 449 g/mol. The zero-order chi connectivity index (χ0) is 23.1. The number of imide groups is 1. The maximum atomic E-state index is 13.3. The highest BCUT2D eigenvalue weighted by Crippen LogP contribution is 2.34. The Hall–Kier alpha value is -3.43. The highest BCUT2D eigenvalue weighted by molar-refractivity contribution is 6.07. The summed E-state index contributed by atoms with van der Waals surface area (Å²) in [5.74, 6) is -1.67. The number of hydrogen-bond acceptors (Lipinski definition) is 3. The van der Waals surface area contributed by atoms with Crippen molar-refractivity contribution in [2.45, 2.75) is 31.1 Å². The van der Waals surface area contributed by atoms with Crippen molar-refractivity contribution in [3.05, 3.63) is 71.0 Å². The van der Waals surface area contributed by atoms with Crippen LogP contribution >= 0.6 is 0 Å². The van der Waals surface area contributed by atoms with E-state index < -0.39 is 46.5 Å². The van der Waals surface area contributed by atoms with Crippen LogP contribution in [0.25, 0.3) is 0 Å². The predicted octanol–water partition coefficient (Wildman–Crippen LogP) is 3.57. The normalized spacial score (nSPS) is 18.2. The molecule has 2 saturated heterocycles. The summed E-state index contributed by atoms with van der Waals surface area (Å²) in [5.41, 5.74) is -2.10. The van der Waals surface area contributed by atoms with Crippen LogP contribution in [-0.2, 0) is 17.5 Å². The molecule has 2 fully saturated rings. The predicted molar refractivity (Wildman–Crippen MR) is 105 cm³/mol. The summed E-state index contributed by atoms with van der Waals surface area (Å²) in [4.78, 5) is 40.5. The summed E-state index contributed by atoms with van der Waals surface area (Å²) in [7, 11) is 0. The summed E-state index contributed by atoms with van der Waals surface area (Å²) in [5, 5.41) is 2.68. The number of amides is 4. The molecular weight excluding hydrogens is 430 g/mol. The molecule has 0 bridgehead atoms. The van der Waals surface area contributed by atoms with Crippen molar-refractivity contribution >= 4 is 17.8 Å². The third-order valence-corrected chi connectivity index (χ3v) is 5.87.